The Hall–Kier alpha value is -1.53. The number of nitriles is 1. The van der Waals surface area contributed by atoms with Crippen LogP contribution in [0.2, 0.25) is 0 Å². The van der Waals surface area contributed by atoms with Crippen LogP contribution in [0.5, 0.6) is 0 Å². The lowest BCUT2D eigenvalue weighted by molar-refractivity contribution is 0.187. The van der Waals surface area contributed by atoms with Crippen molar-refractivity contribution in [2.24, 2.45) is 0 Å². The number of hydrogen-bond acceptors (Lipinski definition) is 3. The summed E-state index contributed by atoms with van der Waals surface area (Å²) in [6, 6.07) is 9.29. The fourth-order valence-corrected chi connectivity index (χ4v) is 3.60. The summed E-state index contributed by atoms with van der Waals surface area (Å²) in [5.74, 6) is 0. The zero-order chi connectivity index (χ0) is 13.9. The Morgan fingerprint density at radius 2 is 1.80 bits per heavy atom. The molecule has 2 fully saturated rings. The number of piperazine rings is 1. The van der Waals surface area contributed by atoms with Crippen molar-refractivity contribution < 1.29 is 0 Å². The van der Waals surface area contributed by atoms with E-state index < -0.39 is 0 Å². The Labute approximate surface area is 121 Å². The van der Waals surface area contributed by atoms with Crippen molar-refractivity contribution in [3.8, 4) is 6.07 Å². The van der Waals surface area contributed by atoms with E-state index in [1.807, 2.05) is 12.1 Å². The van der Waals surface area contributed by atoms with Gasteiger partial charge in [0.2, 0.25) is 0 Å². The SMILES string of the molecule is Cc1ccc(C#N)c(N2CCN(C3CCCC3)CC2)c1. The van der Waals surface area contributed by atoms with E-state index in [0.717, 1.165) is 43.5 Å². The first-order valence-electron chi connectivity index (χ1n) is 7.77. The molecule has 2 aliphatic rings. The molecule has 1 aromatic rings. The number of hydrogen-bond donors (Lipinski definition) is 0. The number of benzene rings is 1. The molecule has 0 N–H and O–H groups in total. The second kappa shape index (κ2) is 5.85. The summed E-state index contributed by atoms with van der Waals surface area (Å²) < 4.78 is 0. The molecule has 1 aromatic carbocycles. The molecule has 3 nitrogen and oxygen atoms in total. The van der Waals surface area contributed by atoms with Crippen molar-refractivity contribution in [2.45, 2.75) is 38.6 Å². The molecule has 1 saturated carbocycles. The van der Waals surface area contributed by atoms with Gasteiger partial charge in [-0.1, -0.05) is 18.9 Å². The monoisotopic (exact) mass is 269 g/mol. The van der Waals surface area contributed by atoms with Gasteiger partial charge in [-0.15, -0.1) is 0 Å². The smallest absolute Gasteiger partial charge is 0.101 e. The Morgan fingerprint density at radius 3 is 2.45 bits per heavy atom. The summed E-state index contributed by atoms with van der Waals surface area (Å²) >= 11 is 0. The molecule has 0 unspecified atom stereocenters. The van der Waals surface area contributed by atoms with Gasteiger partial charge in [0.05, 0.1) is 11.3 Å². The van der Waals surface area contributed by atoms with Crippen LogP contribution >= 0.6 is 0 Å². The standard InChI is InChI=1S/C17H23N3/c1-14-6-7-15(13-18)17(12-14)20-10-8-19(9-11-20)16-4-2-3-5-16/h6-7,12,16H,2-5,8-11H2,1H3. The summed E-state index contributed by atoms with van der Waals surface area (Å²) in [7, 11) is 0. The van der Waals surface area contributed by atoms with E-state index in [1.165, 1.54) is 31.2 Å². The van der Waals surface area contributed by atoms with Crippen LogP contribution in [0, 0.1) is 18.3 Å². The number of anilines is 1. The van der Waals surface area contributed by atoms with E-state index in [0.29, 0.717) is 0 Å². The topological polar surface area (TPSA) is 30.3 Å². The molecule has 1 heterocycles. The third kappa shape index (κ3) is 2.66. The highest BCUT2D eigenvalue weighted by Gasteiger charge is 2.26. The highest BCUT2D eigenvalue weighted by Crippen LogP contribution is 2.27. The van der Waals surface area contributed by atoms with Gasteiger partial charge in [-0.3, -0.25) is 4.90 Å². The average Bonchev–Trinajstić information content (AvgIpc) is 3.02. The highest BCUT2D eigenvalue weighted by atomic mass is 15.3. The fraction of sp³-hybridized carbons (Fsp3) is 0.588. The zero-order valence-corrected chi connectivity index (χ0v) is 12.3. The van der Waals surface area contributed by atoms with Crippen molar-refractivity contribution in [1.29, 1.82) is 5.26 Å². The van der Waals surface area contributed by atoms with Gasteiger partial charge >= 0.3 is 0 Å². The van der Waals surface area contributed by atoms with Crippen LogP contribution in [0.4, 0.5) is 5.69 Å². The van der Waals surface area contributed by atoms with Gasteiger partial charge in [-0.25, -0.2) is 0 Å². The van der Waals surface area contributed by atoms with Gasteiger partial charge in [0.25, 0.3) is 0 Å². The van der Waals surface area contributed by atoms with Crippen LogP contribution in [0.3, 0.4) is 0 Å². The first-order chi connectivity index (χ1) is 9.78. The summed E-state index contributed by atoms with van der Waals surface area (Å²) in [4.78, 5) is 5.04. The van der Waals surface area contributed by atoms with Crippen LogP contribution in [0.1, 0.15) is 36.8 Å². The molecule has 1 saturated heterocycles. The van der Waals surface area contributed by atoms with Crippen molar-refractivity contribution in [1.82, 2.24) is 4.90 Å². The van der Waals surface area contributed by atoms with Gasteiger partial charge < -0.3 is 4.90 Å². The molecule has 0 amide bonds. The molecule has 0 bridgehead atoms. The molecule has 0 atom stereocenters. The average molecular weight is 269 g/mol. The maximum Gasteiger partial charge on any atom is 0.101 e. The van der Waals surface area contributed by atoms with E-state index >= 15 is 0 Å². The molecule has 20 heavy (non-hydrogen) atoms. The van der Waals surface area contributed by atoms with E-state index in [1.54, 1.807) is 0 Å². The molecule has 0 radical (unpaired) electrons. The quantitative estimate of drug-likeness (QED) is 0.827. The Bertz CT molecular complexity index is 503. The Balaban J connectivity index is 1.69. The first kappa shape index (κ1) is 13.5. The molecule has 0 spiro atoms. The Morgan fingerprint density at radius 1 is 1.10 bits per heavy atom. The van der Waals surface area contributed by atoms with Crippen molar-refractivity contribution >= 4 is 5.69 Å². The summed E-state index contributed by atoms with van der Waals surface area (Å²) in [5.41, 5.74) is 3.17. The minimum atomic E-state index is 0.810. The lowest BCUT2D eigenvalue weighted by atomic mass is 10.1. The normalized spacial score (nSPS) is 21.1. The lowest BCUT2D eigenvalue weighted by Crippen LogP contribution is -2.49. The van der Waals surface area contributed by atoms with Gasteiger partial charge in [0.15, 0.2) is 0 Å². The predicted molar refractivity (Wildman–Crippen MR) is 81.9 cm³/mol. The molecule has 1 aliphatic heterocycles. The van der Waals surface area contributed by atoms with Gasteiger partial charge in [0, 0.05) is 32.2 Å². The molecule has 0 aromatic heterocycles. The van der Waals surface area contributed by atoms with Crippen LogP contribution in [0.25, 0.3) is 0 Å². The van der Waals surface area contributed by atoms with E-state index in [4.69, 9.17) is 0 Å². The number of aryl methyl sites for hydroxylation is 1. The lowest BCUT2D eigenvalue weighted by Gasteiger charge is -2.39. The molecular formula is C17H23N3. The molecule has 3 heteroatoms. The molecule has 1 aliphatic carbocycles. The van der Waals surface area contributed by atoms with E-state index in [9.17, 15) is 5.26 Å². The maximum absolute atomic E-state index is 9.28. The van der Waals surface area contributed by atoms with E-state index in [2.05, 4.69) is 28.9 Å². The summed E-state index contributed by atoms with van der Waals surface area (Å²) in [5, 5.41) is 9.28. The third-order valence-electron chi connectivity index (χ3n) is 4.77. The second-order valence-electron chi connectivity index (χ2n) is 6.09. The van der Waals surface area contributed by atoms with Gasteiger partial charge in [0.1, 0.15) is 6.07 Å². The van der Waals surface area contributed by atoms with Crippen LogP contribution < -0.4 is 4.90 Å². The molecular weight excluding hydrogens is 246 g/mol. The van der Waals surface area contributed by atoms with Crippen molar-refractivity contribution in [2.75, 3.05) is 31.1 Å². The van der Waals surface area contributed by atoms with Crippen LogP contribution in [0.15, 0.2) is 18.2 Å². The van der Waals surface area contributed by atoms with Crippen LogP contribution in [-0.2, 0) is 0 Å². The summed E-state index contributed by atoms with van der Waals surface area (Å²) in [6.45, 7) is 6.48. The zero-order valence-electron chi connectivity index (χ0n) is 12.3. The van der Waals surface area contributed by atoms with E-state index in [-0.39, 0.29) is 0 Å². The maximum atomic E-state index is 9.28. The van der Waals surface area contributed by atoms with Gasteiger partial charge in [-0.05, 0) is 37.5 Å². The summed E-state index contributed by atoms with van der Waals surface area (Å²) in [6.07, 6.45) is 5.57. The second-order valence-corrected chi connectivity index (χ2v) is 6.09. The van der Waals surface area contributed by atoms with Crippen molar-refractivity contribution in [3.63, 3.8) is 0 Å². The Kier molecular flexibility index (Phi) is 3.93. The first-order valence-corrected chi connectivity index (χ1v) is 7.77. The molecule has 106 valence electrons. The van der Waals surface area contributed by atoms with Crippen LogP contribution in [-0.4, -0.2) is 37.1 Å². The highest BCUT2D eigenvalue weighted by molar-refractivity contribution is 5.61. The number of nitrogens with zero attached hydrogens (tertiary/aromatic N) is 3. The largest absolute Gasteiger partial charge is 0.368 e. The third-order valence-corrected chi connectivity index (χ3v) is 4.77. The van der Waals surface area contributed by atoms with Crippen molar-refractivity contribution in [3.05, 3.63) is 29.3 Å². The minimum Gasteiger partial charge on any atom is -0.368 e. The predicted octanol–water partition coefficient (Wildman–Crippen LogP) is 2.93. The van der Waals surface area contributed by atoms with Gasteiger partial charge in [-0.2, -0.15) is 5.26 Å². The number of rotatable bonds is 2. The fourth-order valence-electron chi connectivity index (χ4n) is 3.60. The molecule has 3 rings (SSSR count). The minimum absolute atomic E-state index is 0.810.